The molecule has 22 heavy (non-hydrogen) atoms. The highest BCUT2D eigenvalue weighted by molar-refractivity contribution is 5.81. The van der Waals surface area contributed by atoms with Gasteiger partial charge in [0.1, 0.15) is 0 Å². The third kappa shape index (κ3) is 6.16. The number of carbonyl (C=O) groups is 1. The molecule has 1 amide bonds. The van der Waals surface area contributed by atoms with Crippen molar-refractivity contribution in [2.24, 2.45) is 5.73 Å². The average molecular weight is 305 g/mol. The van der Waals surface area contributed by atoms with E-state index in [9.17, 15) is 4.79 Å². The molecular formula is C18H31N3O. The minimum atomic E-state index is -0.390. The Morgan fingerprint density at radius 3 is 2.36 bits per heavy atom. The zero-order valence-electron chi connectivity index (χ0n) is 14.2. The van der Waals surface area contributed by atoms with Crippen LogP contribution in [0.3, 0.4) is 0 Å². The summed E-state index contributed by atoms with van der Waals surface area (Å²) in [4.78, 5) is 14.4. The number of nitrogens with one attached hydrogen (secondary N) is 1. The molecule has 0 fully saturated rings. The number of carbonyl (C=O) groups excluding carboxylic acids is 1. The molecule has 2 atom stereocenters. The second kappa shape index (κ2) is 10.4. The van der Waals surface area contributed by atoms with E-state index in [4.69, 9.17) is 5.73 Å². The van der Waals surface area contributed by atoms with Crippen molar-refractivity contribution in [3.63, 3.8) is 0 Å². The van der Waals surface area contributed by atoms with Crippen LogP contribution in [0.15, 0.2) is 30.3 Å². The number of rotatable bonds is 10. The molecule has 0 aliphatic carbocycles. The van der Waals surface area contributed by atoms with Gasteiger partial charge in [0.05, 0.1) is 6.04 Å². The lowest BCUT2D eigenvalue weighted by molar-refractivity contribution is -0.122. The van der Waals surface area contributed by atoms with Crippen LogP contribution in [0.25, 0.3) is 0 Å². The van der Waals surface area contributed by atoms with Gasteiger partial charge in [-0.05, 0) is 31.5 Å². The molecule has 1 aromatic rings. The number of amides is 1. The summed E-state index contributed by atoms with van der Waals surface area (Å²) in [7, 11) is 0. The molecule has 1 rings (SSSR count). The zero-order valence-corrected chi connectivity index (χ0v) is 14.2. The van der Waals surface area contributed by atoms with Gasteiger partial charge in [-0.15, -0.1) is 0 Å². The molecule has 0 spiro atoms. The quantitative estimate of drug-likeness (QED) is 0.696. The van der Waals surface area contributed by atoms with Crippen molar-refractivity contribution in [1.82, 2.24) is 10.2 Å². The molecule has 124 valence electrons. The van der Waals surface area contributed by atoms with Crippen molar-refractivity contribution in [3.8, 4) is 0 Å². The summed E-state index contributed by atoms with van der Waals surface area (Å²) in [5.41, 5.74) is 7.18. The van der Waals surface area contributed by atoms with Crippen LogP contribution in [0, 0.1) is 0 Å². The number of nitrogens with zero attached hydrogens (tertiary/aromatic N) is 1. The zero-order chi connectivity index (χ0) is 16.4. The van der Waals surface area contributed by atoms with E-state index in [1.165, 1.54) is 5.56 Å². The average Bonchev–Trinajstić information content (AvgIpc) is 2.54. The van der Waals surface area contributed by atoms with E-state index in [-0.39, 0.29) is 11.9 Å². The summed E-state index contributed by atoms with van der Waals surface area (Å²) in [6, 6.07) is 10.3. The van der Waals surface area contributed by atoms with Gasteiger partial charge in [-0.3, -0.25) is 9.69 Å². The molecule has 0 aliphatic rings. The molecular weight excluding hydrogens is 274 g/mol. The van der Waals surface area contributed by atoms with Gasteiger partial charge in [-0.1, -0.05) is 57.5 Å². The van der Waals surface area contributed by atoms with Gasteiger partial charge in [0, 0.05) is 12.6 Å². The highest BCUT2D eigenvalue weighted by Gasteiger charge is 2.19. The van der Waals surface area contributed by atoms with Gasteiger partial charge in [0.25, 0.3) is 0 Å². The summed E-state index contributed by atoms with van der Waals surface area (Å²) in [6.07, 6.45) is 2.60. The summed E-state index contributed by atoms with van der Waals surface area (Å²) >= 11 is 0. The van der Waals surface area contributed by atoms with Crippen LogP contribution in [-0.2, 0) is 11.2 Å². The third-order valence-electron chi connectivity index (χ3n) is 4.09. The van der Waals surface area contributed by atoms with E-state index in [2.05, 4.69) is 48.3 Å². The Labute approximate surface area is 135 Å². The Balaban J connectivity index is 2.64. The molecule has 0 aliphatic heterocycles. The van der Waals surface area contributed by atoms with Crippen molar-refractivity contribution in [1.29, 1.82) is 0 Å². The Bertz CT molecular complexity index is 418. The van der Waals surface area contributed by atoms with E-state index < -0.39 is 0 Å². The smallest absolute Gasteiger partial charge is 0.236 e. The second-order valence-electron chi connectivity index (χ2n) is 5.71. The van der Waals surface area contributed by atoms with Gasteiger partial charge in [-0.25, -0.2) is 0 Å². The topological polar surface area (TPSA) is 58.4 Å². The molecule has 0 saturated heterocycles. The van der Waals surface area contributed by atoms with Crippen LogP contribution < -0.4 is 11.1 Å². The van der Waals surface area contributed by atoms with Gasteiger partial charge in [0.2, 0.25) is 5.91 Å². The summed E-state index contributed by atoms with van der Waals surface area (Å²) in [5, 5.41) is 3.03. The standard InChI is InChI=1S/C18H31N3O/c1-4-10-17(19)18(22)20-14-16(21(5-2)6-3)13-15-11-8-7-9-12-15/h7-9,11-12,16-17H,4-6,10,13-14,19H2,1-3H3,(H,20,22). The fourth-order valence-corrected chi connectivity index (χ4v) is 2.75. The predicted octanol–water partition coefficient (Wildman–Crippen LogP) is 2.18. The Morgan fingerprint density at radius 2 is 1.82 bits per heavy atom. The van der Waals surface area contributed by atoms with E-state index >= 15 is 0 Å². The summed E-state index contributed by atoms with van der Waals surface area (Å²) < 4.78 is 0. The van der Waals surface area contributed by atoms with Crippen molar-refractivity contribution in [2.75, 3.05) is 19.6 Å². The first-order valence-electron chi connectivity index (χ1n) is 8.43. The van der Waals surface area contributed by atoms with Crippen molar-refractivity contribution in [2.45, 2.75) is 52.1 Å². The largest absolute Gasteiger partial charge is 0.353 e. The summed E-state index contributed by atoms with van der Waals surface area (Å²) in [6.45, 7) is 8.96. The third-order valence-corrected chi connectivity index (χ3v) is 4.09. The van der Waals surface area contributed by atoms with Gasteiger partial charge >= 0.3 is 0 Å². The molecule has 0 heterocycles. The molecule has 3 N–H and O–H groups in total. The highest BCUT2D eigenvalue weighted by atomic mass is 16.2. The lowest BCUT2D eigenvalue weighted by Gasteiger charge is -2.30. The fourth-order valence-electron chi connectivity index (χ4n) is 2.75. The highest BCUT2D eigenvalue weighted by Crippen LogP contribution is 2.09. The molecule has 4 heteroatoms. The Morgan fingerprint density at radius 1 is 1.18 bits per heavy atom. The molecule has 0 aromatic heterocycles. The predicted molar refractivity (Wildman–Crippen MR) is 92.7 cm³/mol. The first-order valence-corrected chi connectivity index (χ1v) is 8.43. The van der Waals surface area contributed by atoms with Crippen LogP contribution in [0.5, 0.6) is 0 Å². The minimum Gasteiger partial charge on any atom is -0.353 e. The number of hydrogen-bond acceptors (Lipinski definition) is 3. The van der Waals surface area contributed by atoms with Gasteiger partial charge in [0.15, 0.2) is 0 Å². The van der Waals surface area contributed by atoms with Crippen LogP contribution in [0.1, 0.15) is 39.2 Å². The fraction of sp³-hybridized carbons (Fsp3) is 0.611. The van der Waals surface area contributed by atoms with Gasteiger partial charge < -0.3 is 11.1 Å². The SMILES string of the molecule is CCCC(N)C(=O)NCC(Cc1ccccc1)N(CC)CC. The first-order chi connectivity index (χ1) is 10.6. The maximum atomic E-state index is 12.0. The van der Waals surface area contributed by atoms with Crippen LogP contribution in [-0.4, -0.2) is 42.5 Å². The van der Waals surface area contributed by atoms with Crippen molar-refractivity contribution in [3.05, 3.63) is 35.9 Å². The molecule has 0 radical (unpaired) electrons. The van der Waals surface area contributed by atoms with Crippen LogP contribution in [0.4, 0.5) is 0 Å². The number of nitrogens with two attached hydrogens (primary N) is 1. The van der Waals surface area contributed by atoms with E-state index in [0.717, 1.165) is 32.4 Å². The van der Waals surface area contributed by atoms with E-state index in [0.29, 0.717) is 12.6 Å². The Kier molecular flexibility index (Phi) is 8.78. The van der Waals surface area contributed by atoms with Crippen LogP contribution >= 0.6 is 0 Å². The van der Waals surface area contributed by atoms with Crippen molar-refractivity contribution < 1.29 is 4.79 Å². The molecule has 1 aromatic carbocycles. The molecule has 0 bridgehead atoms. The van der Waals surface area contributed by atoms with Gasteiger partial charge in [-0.2, -0.15) is 0 Å². The lowest BCUT2D eigenvalue weighted by Crippen LogP contribution is -2.48. The second-order valence-corrected chi connectivity index (χ2v) is 5.71. The summed E-state index contributed by atoms with van der Waals surface area (Å²) in [5.74, 6) is -0.0351. The monoisotopic (exact) mass is 305 g/mol. The molecule has 4 nitrogen and oxygen atoms in total. The Hall–Kier alpha value is -1.39. The first kappa shape index (κ1) is 18.7. The number of benzene rings is 1. The van der Waals surface area contributed by atoms with Crippen molar-refractivity contribution >= 4 is 5.91 Å². The lowest BCUT2D eigenvalue weighted by atomic mass is 10.0. The number of likely N-dealkylation sites (N-methyl/N-ethyl adjacent to an activating group) is 1. The van der Waals surface area contributed by atoms with E-state index in [1.807, 2.05) is 13.0 Å². The van der Waals surface area contributed by atoms with E-state index in [1.54, 1.807) is 0 Å². The number of hydrogen-bond donors (Lipinski definition) is 2. The molecule has 2 unspecified atom stereocenters. The normalized spacial score (nSPS) is 13.9. The maximum Gasteiger partial charge on any atom is 0.236 e. The molecule has 0 saturated carbocycles. The maximum absolute atomic E-state index is 12.0. The van der Waals surface area contributed by atoms with Crippen LogP contribution in [0.2, 0.25) is 0 Å². The minimum absolute atomic E-state index is 0.0351.